The van der Waals surface area contributed by atoms with Gasteiger partial charge >= 0.3 is 6.18 Å². The summed E-state index contributed by atoms with van der Waals surface area (Å²) in [6.45, 7) is -0.283. The monoisotopic (exact) mass is 602 g/mol. The number of hydrogen-bond donors (Lipinski definition) is 0. The summed E-state index contributed by atoms with van der Waals surface area (Å²) in [4.78, 5) is -1.19. The van der Waals surface area contributed by atoms with E-state index in [2.05, 4.69) is 15.9 Å². The SMILES string of the molecule is O=S(=O)(c1c(F)cc(F)cc1Br)N1CCC(N(C2CC2)S(=O)(=O)c2cccc(C(F)(F)F)c2)CC1. The van der Waals surface area contributed by atoms with Crippen molar-refractivity contribution in [2.75, 3.05) is 13.1 Å². The minimum atomic E-state index is -4.71. The Kier molecular flexibility index (Phi) is 7.07. The van der Waals surface area contributed by atoms with Gasteiger partial charge in [0.15, 0.2) is 0 Å². The maximum Gasteiger partial charge on any atom is 0.416 e. The fourth-order valence-electron chi connectivity index (χ4n) is 4.22. The summed E-state index contributed by atoms with van der Waals surface area (Å²) in [6, 6.07) is 3.79. The highest BCUT2D eigenvalue weighted by Gasteiger charge is 2.45. The van der Waals surface area contributed by atoms with Crippen LogP contribution in [-0.4, -0.2) is 50.6 Å². The van der Waals surface area contributed by atoms with Gasteiger partial charge in [-0.05, 0) is 65.9 Å². The third kappa shape index (κ3) is 5.26. The molecule has 14 heteroatoms. The van der Waals surface area contributed by atoms with Crippen molar-refractivity contribution in [3.05, 3.63) is 58.1 Å². The zero-order chi connectivity index (χ0) is 25.8. The Hall–Kier alpha value is -1.61. The molecule has 192 valence electrons. The lowest BCUT2D eigenvalue weighted by Crippen LogP contribution is -2.49. The smallest absolute Gasteiger partial charge is 0.207 e. The van der Waals surface area contributed by atoms with Crippen LogP contribution in [0.4, 0.5) is 22.0 Å². The summed E-state index contributed by atoms with van der Waals surface area (Å²) in [5.74, 6) is -2.21. The molecule has 0 aromatic heterocycles. The number of halogens is 6. The summed E-state index contributed by atoms with van der Waals surface area (Å²) in [7, 11) is -8.64. The molecule has 1 heterocycles. The van der Waals surface area contributed by atoms with Crippen LogP contribution in [0.25, 0.3) is 0 Å². The zero-order valence-corrected chi connectivity index (χ0v) is 21.2. The van der Waals surface area contributed by atoms with Gasteiger partial charge in [0.25, 0.3) is 0 Å². The highest BCUT2D eigenvalue weighted by molar-refractivity contribution is 9.10. The van der Waals surface area contributed by atoms with Crippen LogP contribution in [0.5, 0.6) is 0 Å². The van der Waals surface area contributed by atoms with Gasteiger partial charge in [-0.2, -0.15) is 21.8 Å². The van der Waals surface area contributed by atoms with Crippen molar-refractivity contribution in [3.63, 3.8) is 0 Å². The molecule has 2 fully saturated rings. The summed E-state index contributed by atoms with van der Waals surface area (Å²) in [5.41, 5.74) is -1.08. The highest BCUT2D eigenvalue weighted by Crippen LogP contribution is 2.39. The van der Waals surface area contributed by atoms with E-state index in [0.29, 0.717) is 25.0 Å². The Balaban J connectivity index is 1.57. The van der Waals surface area contributed by atoms with Gasteiger partial charge in [-0.15, -0.1) is 0 Å². The quantitative estimate of drug-likeness (QED) is 0.447. The lowest BCUT2D eigenvalue weighted by Gasteiger charge is -2.37. The molecule has 0 radical (unpaired) electrons. The number of hydrogen-bond acceptors (Lipinski definition) is 4. The average molecular weight is 603 g/mol. The molecule has 2 aromatic rings. The summed E-state index contributed by atoms with van der Waals surface area (Å²) in [6.07, 6.45) is -3.49. The number of nitrogens with zero attached hydrogens (tertiary/aromatic N) is 2. The molecule has 1 saturated heterocycles. The van der Waals surface area contributed by atoms with Crippen LogP contribution in [-0.2, 0) is 26.2 Å². The maximum atomic E-state index is 14.3. The van der Waals surface area contributed by atoms with E-state index in [1.165, 1.54) is 4.31 Å². The van der Waals surface area contributed by atoms with Gasteiger partial charge in [0.2, 0.25) is 20.0 Å². The van der Waals surface area contributed by atoms with E-state index in [9.17, 15) is 38.8 Å². The second-order valence-electron chi connectivity index (χ2n) is 8.43. The molecule has 35 heavy (non-hydrogen) atoms. The molecule has 4 rings (SSSR count). The van der Waals surface area contributed by atoms with Crippen molar-refractivity contribution in [2.24, 2.45) is 0 Å². The number of alkyl halides is 3. The fourth-order valence-corrected chi connectivity index (χ4v) is 8.77. The standard InChI is InChI=1S/C21H20BrF5N2O4S2/c22-18-11-14(23)12-19(24)20(18)35(32,33)28-8-6-16(7-9-28)29(15-4-5-15)34(30,31)17-3-1-2-13(10-17)21(25,26)27/h1-3,10-12,15-16H,4-9H2. The topological polar surface area (TPSA) is 74.8 Å². The number of benzene rings is 2. The van der Waals surface area contributed by atoms with Crippen molar-refractivity contribution in [1.29, 1.82) is 0 Å². The largest absolute Gasteiger partial charge is 0.416 e. The van der Waals surface area contributed by atoms with E-state index in [4.69, 9.17) is 0 Å². The molecule has 0 bridgehead atoms. The highest BCUT2D eigenvalue weighted by atomic mass is 79.9. The van der Waals surface area contributed by atoms with Crippen LogP contribution in [0.3, 0.4) is 0 Å². The Labute approximate surface area is 207 Å². The van der Waals surface area contributed by atoms with E-state index in [1.54, 1.807) is 0 Å². The molecule has 0 spiro atoms. The van der Waals surface area contributed by atoms with Gasteiger partial charge in [-0.3, -0.25) is 0 Å². The van der Waals surface area contributed by atoms with Crippen LogP contribution >= 0.6 is 15.9 Å². The fraction of sp³-hybridized carbons (Fsp3) is 0.429. The minimum absolute atomic E-state index is 0.0638. The molecular formula is C21H20BrF5N2O4S2. The first-order valence-electron chi connectivity index (χ1n) is 10.6. The molecule has 1 aliphatic heterocycles. The molecule has 2 aromatic carbocycles. The predicted octanol–water partition coefficient (Wildman–Crippen LogP) is 4.75. The third-order valence-electron chi connectivity index (χ3n) is 5.99. The van der Waals surface area contributed by atoms with E-state index >= 15 is 0 Å². The van der Waals surface area contributed by atoms with Crippen LogP contribution in [0, 0.1) is 11.6 Å². The van der Waals surface area contributed by atoms with Crippen LogP contribution in [0.15, 0.2) is 50.7 Å². The van der Waals surface area contributed by atoms with Crippen molar-refractivity contribution < 1.29 is 38.8 Å². The first-order chi connectivity index (χ1) is 16.2. The molecule has 0 N–H and O–H groups in total. The lowest BCUT2D eigenvalue weighted by atomic mass is 10.1. The van der Waals surface area contributed by atoms with E-state index < -0.39 is 59.3 Å². The van der Waals surface area contributed by atoms with Crippen molar-refractivity contribution in [3.8, 4) is 0 Å². The normalized spacial score (nSPS) is 18.8. The van der Waals surface area contributed by atoms with Crippen molar-refractivity contribution >= 4 is 36.0 Å². The number of rotatable bonds is 6. The van der Waals surface area contributed by atoms with Gasteiger partial charge in [-0.25, -0.2) is 25.6 Å². The summed E-state index contributed by atoms with van der Waals surface area (Å²) >= 11 is 2.88. The van der Waals surface area contributed by atoms with E-state index in [1.807, 2.05) is 0 Å². The summed E-state index contributed by atoms with van der Waals surface area (Å²) < 4.78 is 122. The Morgan fingerprint density at radius 2 is 1.51 bits per heavy atom. The molecule has 6 nitrogen and oxygen atoms in total. The Morgan fingerprint density at radius 3 is 2.06 bits per heavy atom. The molecule has 1 aliphatic carbocycles. The zero-order valence-electron chi connectivity index (χ0n) is 18.0. The van der Waals surface area contributed by atoms with Crippen LogP contribution in [0.2, 0.25) is 0 Å². The first-order valence-corrected chi connectivity index (χ1v) is 14.3. The van der Waals surface area contributed by atoms with Gasteiger partial charge in [0.05, 0.1) is 10.5 Å². The molecule has 1 saturated carbocycles. The van der Waals surface area contributed by atoms with Crippen molar-refractivity contribution in [2.45, 2.75) is 53.7 Å². The van der Waals surface area contributed by atoms with E-state index in [-0.39, 0.29) is 36.4 Å². The van der Waals surface area contributed by atoms with Crippen LogP contribution < -0.4 is 0 Å². The van der Waals surface area contributed by atoms with Gasteiger partial charge in [-0.1, -0.05) is 6.07 Å². The van der Waals surface area contributed by atoms with Gasteiger partial charge < -0.3 is 0 Å². The number of piperidine rings is 1. The molecule has 0 unspecified atom stereocenters. The van der Waals surface area contributed by atoms with Crippen LogP contribution in [0.1, 0.15) is 31.2 Å². The summed E-state index contributed by atoms with van der Waals surface area (Å²) in [5, 5.41) is 0. The van der Waals surface area contributed by atoms with Gasteiger partial charge in [0, 0.05) is 35.7 Å². The van der Waals surface area contributed by atoms with E-state index in [0.717, 1.165) is 28.6 Å². The van der Waals surface area contributed by atoms with Crippen molar-refractivity contribution in [1.82, 2.24) is 8.61 Å². The minimum Gasteiger partial charge on any atom is -0.207 e. The maximum absolute atomic E-state index is 14.3. The Bertz CT molecular complexity index is 1320. The molecule has 0 amide bonds. The average Bonchev–Trinajstić information content (AvgIpc) is 3.57. The number of sulfonamides is 2. The second kappa shape index (κ2) is 9.36. The lowest BCUT2D eigenvalue weighted by molar-refractivity contribution is -0.137. The predicted molar refractivity (Wildman–Crippen MR) is 119 cm³/mol. The molecule has 2 aliphatic rings. The Morgan fingerprint density at radius 1 is 0.914 bits per heavy atom. The first kappa shape index (κ1) is 26.5. The molecule has 0 atom stereocenters. The molecular weight excluding hydrogens is 583 g/mol. The second-order valence-corrected chi connectivity index (χ2v) is 13.0. The van der Waals surface area contributed by atoms with Gasteiger partial charge in [0.1, 0.15) is 16.5 Å². The third-order valence-corrected chi connectivity index (χ3v) is 10.9.